The number of rotatable bonds is 2. The van der Waals surface area contributed by atoms with Gasteiger partial charge < -0.3 is 5.11 Å². The molecule has 3 rings (SSSR count). The zero-order chi connectivity index (χ0) is 14.1. The summed E-state index contributed by atoms with van der Waals surface area (Å²) in [5.41, 5.74) is 0.587. The van der Waals surface area contributed by atoms with E-state index in [1.54, 1.807) is 24.5 Å². The maximum atomic E-state index is 13.8. The van der Waals surface area contributed by atoms with E-state index in [-0.39, 0.29) is 5.56 Å². The van der Waals surface area contributed by atoms with E-state index < -0.39 is 17.7 Å². The van der Waals surface area contributed by atoms with Gasteiger partial charge in [0, 0.05) is 29.4 Å². The number of fused-ring (bicyclic) bond motifs is 1. The van der Waals surface area contributed by atoms with E-state index in [9.17, 15) is 13.9 Å². The molecular formula is C16H11F2NO. The Morgan fingerprint density at radius 3 is 2.65 bits per heavy atom. The number of aliphatic hydroxyl groups is 1. The van der Waals surface area contributed by atoms with Crippen LogP contribution in [-0.2, 0) is 0 Å². The number of halogens is 2. The molecule has 2 aromatic carbocycles. The van der Waals surface area contributed by atoms with Crippen LogP contribution in [0.4, 0.5) is 8.78 Å². The highest BCUT2D eigenvalue weighted by Crippen LogP contribution is 2.29. The molecule has 1 N–H and O–H groups in total. The van der Waals surface area contributed by atoms with Crippen LogP contribution in [0, 0.1) is 11.6 Å². The van der Waals surface area contributed by atoms with Crippen molar-refractivity contribution in [3.8, 4) is 0 Å². The SMILES string of the molecule is OC(c1ccc(F)cc1F)c1cccc2ccncc12. The number of hydrogen-bond acceptors (Lipinski definition) is 2. The highest BCUT2D eigenvalue weighted by atomic mass is 19.1. The van der Waals surface area contributed by atoms with E-state index >= 15 is 0 Å². The molecule has 1 unspecified atom stereocenters. The minimum Gasteiger partial charge on any atom is -0.384 e. The first-order valence-corrected chi connectivity index (χ1v) is 6.12. The number of aromatic nitrogens is 1. The van der Waals surface area contributed by atoms with Gasteiger partial charge in [0.25, 0.3) is 0 Å². The Morgan fingerprint density at radius 2 is 1.85 bits per heavy atom. The Kier molecular flexibility index (Phi) is 3.16. The van der Waals surface area contributed by atoms with E-state index in [2.05, 4.69) is 4.98 Å². The minimum absolute atomic E-state index is 0.0442. The third-order valence-electron chi connectivity index (χ3n) is 3.27. The molecule has 0 bridgehead atoms. The van der Waals surface area contributed by atoms with Crippen LogP contribution in [0.1, 0.15) is 17.2 Å². The smallest absolute Gasteiger partial charge is 0.132 e. The Hall–Kier alpha value is -2.33. The lowest BCUT2D eigenvalue weighted by Gasteiger charge is -2.14. The zero-order valence-electron chi connectivity index (χ0n) is 10.4. The van der Waals surface area contributed by atoms with Crippen LogP contribution in [0.25, 0.3) is 10.8 Å². The topological polar surface area (TPSA) is 33.1 Å². The fourth-order valence-electron chi connectivity index (χ4n) is 2.27. The lowest BCUT2D eigenvalue weighted by molar-refractivity contribution is 0.216. The average Bonchev–Trinajstić information content (AvgIpc) is 2.46. The van der Waals surface area contributed by atoms with Crippen LogP contribution < -0.4 is 0 Å². The van der Waals surface area contributed by atoms with Crippen LogP contribution in [0.15, 0.2) is 54.9 Å². The van der Waals surface area contributed by atoms with Crippen LogP contribution >= 0.6 is 0 Å². The molecule has 0 aliphatic rings. The summed E-state index contributed by atoms with van der Waals surface area (Å²) in [5, 5.41) is 12.0. The van der Waals surface area contributed by atoms with Gasteiger partial charge in [0.1, 0.15) is 17.7 Å². The van der Waals surface area contributed by atoms with Gasteiger partial charge in [-0.05, 0) is 23.1 Å². The molecule has 0 aliphatic carbocycles. The van der Waals surface area contributed by atoms with Crippen molar-refractivity contribution in [1.82, 2.24) is 4.98 Å². The van der Waals surface area contributed by atoms with Crippen molar-refractivity contribution in [2.45, 2.75) is 6.10 Å². The Balaban J connectivity index is 2.15. The van der Waals surface area contributed by atoms with Crippen molar-refractivity contribution >= 4 is 10.8 Å². The minimum atomic E-state index is -1.16. The maximum Gasteiger partial charge on any atom is 0.132 e. The molecule has 4 heteroatoms. The number of hydrogen-bond donors (Lipinski definition) is 1. The van der Waals surface area contributed by atoms with Crippen LogP contribution in [0.2, 0.25) is 0 Å². The van der Waals surface area contributed by atoms with Crippen molar-refractivity contribution in [1.29, 1.82) is 0 Å². The molecule has 0 spiro atoms. The summed E-state index contributed by atoms with van der Waals surface area (Å²) < 4.78 is 26.7. The van der Waals surface area contributed by atoms with Gasteiger partial charge in [-0.25, -0.2) is 8.78 Å². The third kappa shape index (κ3) is 2.14. The van der Waals surface area contributed by atoms with Gasteiger partial charge in [-0.1, -0.05) is 24.3 Å². The van der Waals surface area contributed by atoms with Crippen molar-refractivity contribution in [3.05, 3.63) is 77.6 Å². The molecule has 0 aliphatic heterocycles. The maximum absolute atomic E-state index is 13.8. The fourth-order valence-corrected chi connectivity index (χ4v) is 2.27. The normalized spacial score (nSPS) is 12.6. The highest BCUT2D eigenvalue weighted by Gasteiger charge is 2.17. The van der Waals surface area contributed by atoms with E-state index in [0.29, 0.717) is 5.56 Å². The molecule has 20 heavy (non-hydrogen) atoms. The second-order valence-corrected chi connectivity index (χ2v) is 4.51. The number of aliphatic hydroxyl groups excluding tert-OH is 1. The fraction of sp³-hybridized carbons (Fsp3) is 0.0625. The van der Waals surface area contributed by atoms with Crippen molar-refractivity contribution in [2.75, 3.05) is 0 Å². The van der Waals surface area contributed by atoms with Crippen molar-refractivity contribution < 1.29 is 13.9 Å². The van der Waals surface area contributed by atoms with Crippen molar-refractivity contribution in [2.24, 2.45) is 0 Å². The number of pyridine rings is 1. The number of nitrogens with zero attached hydrogens (tertiary/aromatic N) is 1. The van der Waals surface area contributed by atoms with Gasteiger partial charge in [-0.2, -0.15) is 0 Å². The predicted molar refractivity (Wildman–Crippen MR) is 72.2 cm³/mol. The lowest BCUT2D eigenvalue weighted by atomic mass is 9.96. The van der Waals surface area contributed by atoms with E-state index in [0.717, 1.165) is 22.9 Å². The van der Waals surface area contributed by atoms with Gasteiger partial charge in [-0.3, -0.25) is 4.98 Å². The summed E-state index contributed by atoms with van der Waals surface area (Å²) in [6, 6.07) is 10.3. The molecule has 1 heterocycles. The Bertz CT molecular complexity index is 768. The molecule has 0 amide bonds. The van der Waals surface area contributed by atoms with Crippen LogP contribution in [-0.4, -0.2) is 10.1 Å². The summed E-state index contributed by atoms with van der Waals surface area (Å²) in [7, 11) is 0. The largest absolute Gasteiger partial charge is 0.384 e. The first-order valence-electron chi connectivity index (χ1n) is 6.12. The predicted octanol–water partition coefficient (Wildman–Crippen LogP) is 3.59. The molecular weight excluding hydrogens is 260 g/mol. The zero-order valence-corrected chi connectivity index (χ0v) is 10.4. The molecule has 1 aromatic heterocycles. The van der Waals surface area contributed by atoms with E-state index in [4.69, 9.17) is 0 Å². The first-order chi connectivity index (χ1) is 9.66. The van der Waals surface area contributed by atoms with Gasteiger partial charge in [-0.15, -0.1) is 0 Å². The third-order valence-corrected chi connectivity index (χ3v) is 3.27. The van der Waals surface area contributed by atoms with E-state index in [1.165, 1.54) is 6.07 Å². The van der Waals surface area contributed by atoms with Crippen LogP contribution in [0.5, 0.6) is 0 Å². The summed E-state index contributed by atoms with van der Waals surface area (Å²) in [6.07, 6.45) is 2.11. The summed E-state index contributed by atoms with van der Waals surface area (Å²) >= 11 is 0. The molecule has 0 fully saturated rings. The summed E-state index contributed by atoms with van der Waals surface area (Å²) in [4.78, 5) is 4.02. The molecule has 2 nitrogen and oxygen atoms in total. The second-order valence-electron chi connectivity index (χ2n) is 4.51. The van der Waals surface area contributed by atoms with Gasteiger partial charge in [0.15, 0.2) is 0 Å². The molecule has 0 radical (unpaired) electrons. The van der Waals surface area contributed by atoms with E-state index in [1.807, 2.05) is 12.1 Å². The molecule has 100 valence electrons. The molecule has 0 saturated carbocycles. The average molecular weight is 271 g/mol. The van der Waals surface area contributed by atoms with Crippen LogP contribution in [0.3, 0.4) is 0 Å². The quantitative estimate of drug-likeness (QED) is 0.772. The summed E-state index contributed by atoms with van der Waals surface area (Å²) in [6.45, 7) is 0. The van der Waals surface area contributed by atoms with Gasteiger partial charge >= 0.3 is 0 Å². The summed E-state index contributed by atoms with van der Waals surface area (Å²) in [5.74, 6) is -1.43. The first kappa shape index (κ1) is 12.7. The van der Waals surface area contributed by atoms with Gasteiger partial charge in [0.2, 0.25) is 0 Å². The molecule has 3 aromatic rings. The molecule has 0 saturated heterocycles. The Morgan fingerprint density at radius 1 is 1.00 bits per heavy atom. The highest BCUT2D eigenvalue weighted by molar-refractivity contribution is 5.85. The standard InChI is InChI=1S/C16H11F2NO/c17-11-4-5-13(15(18)8-11)16(20)12-3-1-2-10-6-7-19-9-14(10)12/h1-9,16,20H. The Labute approximate surface area is 114 Å². The monoisotopic (exact) mass is 271 g/mol. The molecule has 1 atom stereocenters. The number of benzene rings is 2. The lowest BCUT2D eigenvalue weighted by Crippen LogP contribution is -2.04. The second kappa shape index (κ2) is 4.98. The van der Waals surface area contributed by atoms with Crippen molar-refractivity contribution in [3.63, 3.8) is 0 Å². The van der Waals surface area contributed by atoms with Gasteiger partial charge in [0.05, 0.1) is 0 Å².